The van der Waals surface area contributed by atoms with Gasteiger partial charge < -0.3 is 15.7 Å². The maximum absolute atomic E-state index is 12.8. The predicted octanol–water partition coefficient (Wildman–Crippen LogP) is 7.72. The largest absolute Gasteiger partial charge is 0.478 e. The first-order chi connectivity index (χ1) is 22.4. The molecule has 4 aromatic carbocycles. The summed E-state index contributed by atoms with van der Waals surface area (Å²) in [6.07, 6.45) is 0. The average Bonchev–Trinajstić information content (AvgIpc) is 3.03. The van der Waals surface area contributed by atoms with Crippen LogP contribution in [0, 0.1) is 0 Å². The average molecular weight is 674 g/mol. The summed E-state index contributed by atoms with van der Waals surface area (Å²) in [7, 11) is 0. The first kappa shape index (κ1) is 34.3. The fourth-order valence-corrected chi connectivity index (χ4v) is 4.56. The molecule has 0 saturated carbocycles. The summed E-state index contributed by atoms with van der Waals surface area (Å²) in [6, 6.07) is 21.1. The van der Waals surface area contributed by atoms with Gasteiger partial charge in [0.05, 0.1) is 21.3 Å². The van der Waals surface area contributed by atoms with Crippen LogP contribution in [-0.4, -0.2) is 46.5 Å². The molecule has 12 nitrogen and oxygen atoms in total. The Hall–Kier alpha value is -5.59. The minimum Gasteiger partial charge on any atom is -0.478 e. The number of anilines is 2. The fraction of sp³-hybridized carbons (Fsp3) is 0.121. The van der Waals surface area contributed by atoms with Crippen LogP contribution in [-0.2, 0) is 19.2 Å². The highest BCUT2D eigenvalue weighted by molar-refractivity contribution is 6.34. The molecular weight excluding hydrogens is 647 g/mol. The van der Waals surface area contributed by atoms with Gasteiger partial charge in [0.25, 0.3) is 11.8 Å². The first-order valence-electron chi connectivity index (χ1n) is 13.9. The number of halogens is 2. The number of hydrogen-bond acceptors (Lipinski definition) is 9. The van der Waals surface area contributed by atoms with E-state index >= 15 is 0 Å². The van der Waals surface area contributed by atoms with E-state index in [0.29, 0.717) is 16.8 Å². The third kappa shape index (κ3) is 9.00. The Bertz CT molecular complexity index is 1920. The van der Waals surface area contributed by atoms with Crippen LogP contribution in [0.2, 0.25) is 10.0 Å². The molecule has 4 aromatic rings. The molecular formula is C33H26Cl2N6O6. The standard InChI is InChI=1S/C33H26Cl2N6O6/c1-18(42)29(31(44)36-22-8-4-3-5-9-22)40-38-27-14-12-20(16-24(27)34)21-13-15-28(25(35)17-21)39-41-30(19(2)43)32(45)37-26-11-7-6-10-23(26)33(46)47/h3-17,29-30H,1-2H3,(H,36,44)(H,37,45)(H,46,47). The number of Topliss-reactive ketones (excluding diaryl/α,β-unsaturated/α-hetero) is 2. The second-order valence-electron chi connectivity index (χ2n) is 9.98. The summed E-state index contributed by atoms with van der Waals surface area (Å²) in [5.41, 5.74) is 2.03. The summed E-state index contributed by atoms with van der Waals surface area (Å²) in [6.45, 7) is 2.40. The molecule has 0 aromatic heterocycles. The van der Waals surface area contributed by atoms with E-state index in [9.17, 15) is 29.1 Å². The first-order valence-corrected chi connectivity index (χ1v) is 14.6. The molecule has 0 aliphatic carbocycles. The number of para-hydroxylation sites is 2. The van der Waals surface area contributed by atoms with Gasteiger partial charge in [0, 0.05) is 5.69 Å². The van der Waals surface area contributed by atoms with Crippen molar-refractivity contribution in [3.63, 3.8) is 0 Å². The van der Waals surface area contributed by atoms with Crippen LogP contribution in [0.1, 0.15) is 24.2 Å². The van der Waals surface area contributed by atoms with Gasteiger partial charge in [0.15, 0.2) is 11.6 Å². The Morgan fingerprint density at radius 2 is 1.11 bits per heavy atom. The Labute approximate surface area is 278 Å². The molecule has 4 rings (SSSR count). The van der Waals surface area contributed by atoms with Crippen LogP contribution in [0.15, 0.2) is 111 Å². The van der Waals surface area contributed by atoms with Crippen molar-refractivity contribution in [2.24, 2.45) is 20.5 Å². The second kappa shape index (κ2) is 15.6. The number of carbonyl (C=O) groups excluding carboxylic acids is 4. The van der Waals surface area contributed by atoms with E-state index in [-0.39, 0.29) is 32.7 Å². The zero-order valence-electron chi connectivity index (χ0n) is 24.8. The summed E-state index contributed by atoms with van der Waals surface area (Å²) in [4.78, 5) is 61.2. The van der Waals surface area contributed by atoms with Gasteiger partial charge in [-0.15, -0.1) is 0 Å². The second-order valence-corrected chi connectivity index (χ2v) is 10.8. The summed E-state index contributed by atoms with van der Waals surface area (Å²) >= 11 is 12.9. The topological polar surface area (TPSA) is 179 Å². The van der Waals surface area contributed by atoms with Gasteiger partial charge in [0.2, 0.25) is 12.1 Å². The number of benzene rings is 4. The fourth-order valence-electron chi connectivity index (χ4n) is 4.12. The number of azo groups is 2. The molecule has 0 aliphatic rings. The molecule has 47 heavy (non-hydrogen) atoms. The third-order valence-corrected chi connectivity index (χ3v) is 7.12. The number of carboxylic acid groups (broad SMARTS) is 1. The monoisotopic (exact) mass is 672 g/mol. The van der Waals surface area contributed by atoms with Crippen molar-refractivity contribution in [2.45, 2.75) is 25.9 Å². The van der Waals surface area contributed by atoms with Crippen LogP contribution in [0.25, 0.3) is 11.1 Å². The zero-order valence-corrected chi connectivity index (χ0v) is 26.4. The van der Waals surface area contributed by atoms with Crippen molar-refractivity contribution in [3.05, 3.63) is 107 Å². The quantitative estimate of drug-likeness (QED) is 0.102. The third-order valence-electron chi connectivity index (χ3n) is 6.51. The number of aromatic carboxylic acids is 1. The van der Waals surface area contributed by atoms with Crippen molar-refractivity contribution in [1.29, 1.82) is 0 Å². The number of ketones is 2. The molecule has 0 aliphatic heterocycles. The molecule has 2 unspecified atom stereocenters. The van der Waals surface area contributed by atoms with Crippen molar-refractivity contribution in [1.82, 2.24) is 0 Å². The van der Waals surface area contributed by atoms with E-state index in [1.807, 2.05) is 0 Å². The number of hydrogen-bond donors (Lipinski definition) is 3. The van der Waals surface area contributed by atoms with Crippen LogP contribution in [0.4, 0.5) is 22.7 Å². The molecule has 0 heterocycles. The Morgan fingerprint density at radius 1 is 0.638 bits per heavy atom. The van der Waals surface area contributed by atoms with Gasteiger partial charge in [0.1, 0.15) is 11.4 Å². The highest BCUT2D eigenvalue weighted by atomic mass is 35.5. The molecule has 2 amide bonds. The normalized spacial score (nSPS) is 12.4. The molecule has 2 atom stereocenters. The molecule has 0 spiro atoms. The van der Waals surface area contributed by atoms with Crippen molar-refractivity contribution < 1.29 is 29.1 Å². The Kier molecular flexibility index (Phi) is 11.4. The number of amides is 2. The van der Waals surface area contributed by atoms with Crippen molar-refractivity contribution in [2.75, 3.05) is 10.6 Å². The number of carboxylic acids is 1. The van der Waals surface area contributed by atoms with E-state index in [2.05, 4.69) is 31.1 Å². The summed E-state index contributed by atoms with van der Waals surface area (Å²) < 4.78 is 0. The zero-order chi connectivity index (χ0) is 34.1. The molecule has 0 saturated heterocycles. The summed E-state index contributed by atoms with van der Waals surface area (Å²) in [5, 5.41) is 30.6. The minimum absolute atomic E-state index is 0.00668. The van der Waals surface area contributed by atoms with E-state index < -0.39 is 41.4 Å². The van der Waals surface area contributed by atoms with E-state index in [0.717, 1.165) is 6.92 Å². The lowest BCUT2D eigenvalue weighted by Gasteiger charge is -2.11. The van der Waals surface area contributed by atoms with Gasteiger partial charge in [-0.1, -0.05) is 65.7 Å². The van der Waals surface area contributed by atoms with Gasteiger partial charge in [-0.05, 0) is 73.5 Å². The SMILES string of the molecule is CC(=O)C(N=Nc1ccc(-c2ccc(N=NC(C(C)=O)C(=O)Nc3ccccc3C(=O)O)c(Cl)c2)cc1Cl)C(=O)Nc1ccccc1. The van der Waals surface area contributed by atoms with Gasteiger partial charge in [-0.25, -0.2) is 4.79 Å². The molecule has 0 fully saturated rings. The van der Waals surface area contributed by atoms with E-state index in [4.69, 9.17) is 23.2 Å². The van der Waals surface area contributed by atoms with Gasteiger partial charge >= 0.3 is 5.97 Å². The lowest BCUT2D eigenvalue weighted by molar-refractivity contribution is -0.127. The van der Waals surface area contributed by atoms with Crippen LogP contribution in [0.3, 0.4) is 0 Å². The highest BCUT2D eigenvalue weighted by Crippen LogP contribution is 2.35. The maximum Gasteiger partial charge on any atom is 0.337 e. The van der Waals surface area contributed by atoms with Crippen LogP contribution in [0.5, 0.6) is 0 Å². The van der Waals surface area contributed by atoms with Gasteiger partial charge in [-0.3, -0.25) is 19.2 Å². The molecule has 238 valence electrons. The molecule has 3 N–H and O–H groups in total. The number of nitrogens with zero attached hydrogens (tertiary/aromatic N) is 4. The lowest BCUT2D eigenvalue weighted by Crippen LogP contribution is -2.32. The summed E-state index contributed by atoms with van der Waals surface area (Å²) in [5.74, 6) is -3.86. The lowest BCUT2D eigenvalue weighted by atomic mass is 10.0. The number of rotatable bonds is 12. The van der Waals surface area contributed by atoms with Crippen LogP contribution >= 0.6 is 23.2 Å². The van der Waals surface area contributed by atoms with Crippen molar-refractivity contribution in [3.8, 4) is 11.1 Å². The van der Waals surface area contributed by atoms with E-state index in [1.54, 1.807) is 60.7 Å². The van der Waals surface area contributed by atoms with E-state index in [1.165, 1.54) is 37.3 Å². The predicted molar refractivity (Wildman–Crippen MR) is 177 cm³/mol. The minimum atomic E-state index is -1.56. The Balaban J connectivity index is 1.48. The number of nitrogens with one attached hydrogen (secondary N) is 2. The number of carbonyl (C=O) groups is 5. The van der Waals surface area contributed by atoms with Crippen LogP contribution < -0.4 is 10.6 Å². The molecule has 0 bridgehead atoms. The molecule has 14 heteroatoms. The molecule has 0 radical (unpaired) electrons. The highest BCUT2D eigenvalue weighted by Gasteiger charge is 2.25. The smallest absolute Gasteiger partial charge is 0.337 e. The Morgan fingerprint density at radius 3 is 1.57 bits per heavy atom. The maximum atomic E-state index is 12.8. The van der Waals surface area contributed by atoms with Crippen molar-refractivity contribution >= 4 is 75.3 Å². The van der Waals surface area contributed by atoms with Gasteiger partial charge in [-0.2, -0.15) is 20.5 Å².